The summed E-state index contributed by atoms with van der Waals surface area (Å²) in [5.74, 6) is -0.389. The maximum Gasteiger partial charge on any atom is 0.303 e. The van der Waals surface area contributed by atoms with Gasteiger partial charge in [0.2, 0.25) is 0 Å². The van der Waals surface area contributed by atoms with Crippen LogP contribution in [0.2, 0.25) is 0 Å². The van der Waals surface area contributed by atoms with Gasteiger partial charge in [-0.15, -0.1) is 0 Å². The van der Waals surface area contributed by atoms with Gasteiger partial charge in [-0.3, -0.25) is 4.79 Å². The highest BCUT2D eigenvalue weighted by Gasteiger charge is 2.24. The molecular weight excluding hydrogens is 250 g/mol. The molecule has 1 aromatic rings. The second kappa shape index (κ2) is 5.96. The van der Waals surface area contributed by atoms with Gasteiger partial charge < -0.3 is 10.4 Å². The number of aliphatic carboxylic acids is 1. The molecule has 2 rings (SSSR count). The first-order valence-electron chi connectivity index (χ1n) is 7.42. The van der Waals surface area contributed by atoms with Gasteiger partial charge in [-0.1, -0.05) is 45.0 Å². The molecule has 1 aromatic carbocycles. The van der Waals surface area contributed by atoms with Gasteiger partial charge in [0.15, 0.2) is 0 Å². The van der Waals surface area contributed by atoms with Crippen molar-refractivity contribution in [3.05, 3.63) is 35.4 Å². The molecule has 3 nitrogen and oxygen atoms in total. The Morgan fingerprint density at radius 2 is 1.95 bits per heavy atom. The first-order valence-corrected chi connectivity index (χ1v) is 7.42. The predicted molar refractivity (Wildman–Crippen MR) is 80.9 cm³/mol. The highest BCUT2D eigenvalue weighted by molar-refractivity contribution is 5.67. The van der Waals surface area contributed by atoms with Gasteiger partial charge in [-0.2, -0.15) is 0 Å². The molecule has 110 valence electrons. The van der Waals surface area contributed by atoms with E-state index < -0.39 is 5.97 Å². The largest absolute Gasteiger partial charge is 0.481 e. The third-order valence-electron chi connectivity index (χ3n) is 4.15. The van der Waals surface area contributed by atoms with Crippen molar-refractivity contribution in [2.75, 3.05) is 6.54 Å². The van der Waals surface area contributed by atoms with E-state index in [2.05, 4.69) is 50.4 Å². The summed E-state index contributed by atoms with van der Waals surface area (Å²) in [7, 11) is 0. The number of nitrogens with one attached hydrogen (secondary N) is 1. The molecule has 0 spiro atoms. The Morgan fingerprint density at radius 1 is 1.30 bits per heavy atom. The molecule has 20 heavy (non-hydrogen) atoms. The molecule has 1 saturated heterocycles. The van der Waals surface area contributed by atoms with E-state index in [4.69, 9.17) is 5.11 Å². The second-order valence-corrected chi connectivity index (χ2v) is 6.87. The molecular formula is C17H25NO2. The van der Waals surface area contributed by atoms with Crippen molar-refractivity contribution in [2.24, 2.45) is 5.92 Å². The summed E-state index contributed by atoms with van der Waals surface area (Å²) in [6.07, 6.45) is 2.17. The molecule has 0 saturated carbocycles. The fourth-order valence-corrected chi connectivity index (χ4v) is 2.90. The highest BCUT2D eigenvalue weighted by atomic mass is 16.4. The average molecular weight is 275 g/mol. The van der Waals surface area contributed by atoms with Gasteiger partial charge in [0.25, 0.3) is 0 Å². The molecule has 0 aromatic heterocycles. The smallest absolute Gasteiger partial charge is 0.303 e. The number of carboxylic acid groups (broad SMARTS) is 1. The van der Waals surface area contributed by atoms with Crippen LogP contribution in [-0.4, -0.2) is 17.6 Å². The van der Waals surface area contributed by atoms with Gasteiger partial charge in [0.05, 0.1) is 0 Å². The van der Waals surface area contributed by atoms with E-state index >= 15 is 0 Å². The number of hydrogen-bond donors (Lipinski definition) is 2. The highest BCUT2D eigenvalue weighted by Crippen LogP contribution is 2.30. The van der Waals surface area contributed by atoms with Crippen LogP contribution >= 0.6 is 0 Å². The van der Waals surface area contributed by atoms with E-state index in [-0.39, 0.29) is 11.8 Å². The van der Waals surface area contributed by atoms with Crippen LogP contribution in [0, 0.1) is 5.92 Å². The number of carbonyl (C=O) groups is 1. The Balaban J connectivity index is 2.05. The van der Waals surface area contributed by atoms with Crippen LogP contribution in [0.25, 0.3) is 0 Å². The molecule has 0 aliphatic carbocycles. The van der Waals surface area contributed by atoms with E-state index in [1.165, 1.54) is 11.1 Å². The van der Waals surface area contributed by atoms with E-state index in [1.54, 1.807) is 0 Å². The monoisotopic (exact) mass is 275 g/mol. The first kappa shape index (κ1) is 15.0. The van der Waals surface area contributed by atoms with Crippen LogP contribution in [0.5, 0.6) is 0 Å². The fourth-order valence-electron chi connectivity index (χ4n) is 2.90. The molecule has 0 amide bonds. The Kier molecular flexibility index (Phi) is 4.48. The normalized spacial score (nSPS) is 23.6. The van der Waals surface area contributed by atoms with Crippen molar-refractivity contribution in [1.29, 1.82) is 0 Å². The van der Waals surface area contributed by atoms with Crippen LogP contribution in [0.3, 0.4) is 0 Å². The molecule has 2 N–H and O–H groups in total. The van der Waals surface area contributed by atoms with E-state index in [9.17, 15) is 4.79 Å². The van der Waals surface area contributed by atoms with Crippen molar-refractivity contribution in [2.45, 2.75) is 51.5 Å². The topological polar surface area (TPSA) is 49.3 Å². The zero-order valence-corrected chi connectivity index (χ0v) is 12.6. The van der Waals surface area contributed by atoms with E-state index in [1.807, 2.05) is 0 Å². The average Bonchev–Trinajstić information content (AvgIpc) is 2.37. The van der Waals surface area contributed by atoms with Gasteiger partial charge >= 0.3 is 5.97 Å². The van der Waals surface area contributed by atoms with Crippen LogP contribution < -0.4 is 5.32 Å². The number of rotatable bonds is 3. The summed E-state index contributed by atoms with van der Waals surface area (Å²) in [6, 6.07) is 9.04. The minimum atomic E-state index is -0.682. The lowest BCUT2D eigenvalue weighted by molar-refractivity contribution is -0.138. The minimum Gasteiger partial charge on any atom is -0.481 e. The van der Waals surface area contributed by atoms with Crippen molar-refractivity contribution in [1.82, 2.24) is 5.32 Å². The quantitative estimate of drug-likeness (QED) is 0.887. The molecule has 3 heteroatoms. The van der Waals surface area contributed by atoms with Gasteiger partial charge in [0, 0.05) is 12.5 Å². The number of carboxylic acids is 1. The molecule has 0 radical (unpaired) electrons. The van der Waals surface area contributed by atoms with Crippen LogP contribution in [0.15, 0.2) is 24.3 Å². The van der Waals surface area contributed by atoms with Crippen molar-refractivity contribution >= 4 is 5.97 Å². The fraction of sp³-hybridized carbons (Fsp3) is 0.588. The lowest BCUT2D eigenvalue weighted by Gasteiger charge is -2.30. The Morgan fingerprint density at radius 3 is 2.50 bits per heavy atom. The van der Waals surface area contributed by atoms with Crippen LogP contribution in [0.4, 0.5) is 0 Å². The number of piperidine rings is 1. The molecule has 1 heterocycles. The van der Waals surface area contributed by atoms with Gasteiger partial charge in [-0.25, -0.2) is 0 Å². The molecule has 2 unspecified atom stereocenters. The first-order chi connectivity index (χ1) is 9.36. The Hall–Kier alpha value is -1.35. The summed E-state index contributed by atoms with van der Waals surface area (Å²) in [6.45, 7) is 7.54. The zero-order valence-electron chi connectivity index (χ0n) is 12.6. The summed E-state index contributed by atoms with van der Waals surface area (Å²) in [5, 5.41) is 12.4. The summed E-state index contributed by atoms with van der Waals surface area (Å²) < 4.78 is 0. The molecule has 1 aliphatic heterocycles. The maximum atomic E-state index is 10.8. The van der Waals surface area contributed by atoms with Crippen molar-refractivity contribution in [3.63, 3.8) is 0 Å². The van der Waals surface area contributed by atoms with Crippen LogP contribution in [-0.2, 0) is 10.2 Å². The lowest BCUT2D eigenvalue weighted by Crippen LogP contribution is -2.32. The lowest BCUT2D eigenvalue weighted by atomic mass is 9.84. The standard InChI is InChI=1S/C17H25NO2/c1-17(2,3)14-6-4-13(5-7-14)15-10-12(8-9-18-15)11-16(19)20/h4-7,12,15,18H,8-11H2,1-3H3,(H,19,20). The molecule has 0 bridgehead atoms. The Bertz CT molecular complexity index is 459. The summed E-state index contributed by atoms with van der Waals surface area (Å²) in [4.78, 5) is 10.8. The van der Waals surface area contributed by atoms with Gasteiger partial charge in [-0.05, 0) is 41.8 Å². The SMILES string of the molecule is CC(C)(C)c1ccc(C2CC(CC(=O)O)CCN2)cc1. The number of hydrogen-bond acceptors (Lipinski definition) is 2. The molecule has 2 atom stereocenters. The minimum absolute atomic E-state index is 0.171. The van der Waals surface area contributed by atoms with Crippen LogP contribution in [0.1, 0.15) is 57.2 Å². The summed E-state index contributed by atoms with van der Waals surface area (Å²) in [5.41, 5.74) is 2.77. The Labute approximate surface area is 121 Å². The van der Waals surface area contributed by atoms with Crippen molar-refractivity contribution in [3.8, 4) is 0 Å². The molecule has 1 aliphatic rings. The van der Waals surface area contributed by atoms with Gasteiger partial charge in [0.1, 0.15) is 0 Å². The predicted octanol–water partition coefficient (Wildman–Crippen LogP) is 3.50. The number of benzene rings is 1. The van der Waals surface area contributed by atoms with E-state index in [0.717, 1.165) is 19.4 Å². The second-order valence-electron chi connectivity index (χ2n) is 6.87. The van der Waals surface area contributed by atoms with E-state index in [0.29, 0.717) is 12.0 Å². The third-order valence-corrected chi connectivity index (χ3v) is 4.15. The zero-order chi connectivity index (χ0) is 14.8. The molecule has 1 fully saturated rings. The maximum absolute atomic E-state index is 10.8. The van der Waals surface area contributed by atoms with Crippen molar-refractivity contribution < 1.29 is 9.90 Å². The summed E-state index contributed by atoms with van der Waals surface area (Å²) >= 11 is 0. The third kappa shape index (κ3) is 3.83.